The molecule has 0 spiro atoms. The third-order valence-electron chi connectivity index (χ3n) is 3.72. The van der Waals surface area contributed by atoms with Crippen LogP contribution in [0.3, 0.4) is 0 Å². The standard InChI is InChI=1S/C19H22N2O2/c1-13-4-7-16(8-5-13)11-18(22)20-12-19(23)21-17-9-6-14(2)15(3)10-17/h4-10H,11-12H2,1-3H3,(H,20,22)(H,21,23). The van der Waals surface area contributed by atoms with E-state index in [1.165, 1.54) is 5.56 Å². The van der Waals surface area contributed by atoms with Gasteiger partial charge in [-0.1, -0.05) is 35.9 Å². The van der Waals surface area contributed by atoms with Crippen LogP contribution in [0.1, 0.15) is 22.3 Å². The number of hydrogen-bond donors (Lipinski definition) is 2. The maximum Gasteiger partial charge on any atom is 0.243 e. The zero-order valence-corrected chi connectivity index (χ0v) is 13.8. The third kappa shape index (κ3) is 5.25. The highest BCUT2D eigenvalue weighted by Gasteiger charge is 2.07. The molecule has 2 aromatic carbocycles. The Kier molecular flexibility index (Phi) is 5.52. The highest BCUT2D eigenvalue weighted by molar-refractivity contribution is 5.94. The second kappa shape index (κ2) is 7.58. The van der Waals surface area contributed by atoms with Crippen LogP contribution in [0.4, 0.5) is 5.69 Å². The van der Waals surface area contributed by atoms with Gasteiger partial charge in [-0.2, -0.15) is 0 Å². The van der Waals surface area contributed by atoms with Crippen LogP contribution in [0.2, 0.25) is 0 Å². The number of nitrogens with one attached hydrogen (secondary N) is 2. The minimum absolute atomic E-state index is 0.0301. The first-order valence-corrected chi connectivity index (χ1v) is 7.63. The third-order valence-corrected chi connectivity index (χ3v) is 3.72. The Hall–Kier alpha value is -2.62. The van der Waals surface area contributed by atoms with Gasteiger partial charge in [-0.05, 0) is 49.6 Å². The van der Waals surface area contributed by atoms with Crippen molar-refractivity contribution in [3.05, 3.63) is 64.7 Å². The largest absolute Gasteiger partial charge is 0.347 e. The number of amides is 2. The predicted octanol–water partition coefficient (Wildman–Crippen LogP) is 2.91. The molecule has 0 bridgehead atoms. The van der Waals surface area contributed by atoms with Gasteiger partial charge in [0.05, 0.1) is 13.0 Å². The summed E-state index contributed by atoms with van der Waals surface area (Å²) in [6.07, 6.45) is 0.275. The Morgan fingerprint density at radius 2 is 1.57 bits per heavy atom. The van der Waals surface area contributed by atoms with Crippen LogP contribution in [0, 0.1) is 20.8 Å². The van der Waals surface area contributed by atoms with Crippen LogP contribution in [0.15, 0.2) is 42.5 Å². The second-order valence-corrected chi connectivity index (χ2v) is 5.79. The van der Waals surface area contributed by atoms with Gasteiger partial charge in [-0.25, -0.2) is 0 Å². The molecule has 2 aromatic rings. The number of aryl methyl sites for hydroxylation is 3. The van der Waals surface area contributed by atoms with E-state index in [1.54, 1.807) is 0 Å². The molecule has 4 heteroatoms. The molecule has 0 saturated carbocycles. The van der Waals surface area contributed by atoms with Crippen molar-refractivity contribution < 1.29 is 9.59 Å². The fourth-order valence-corrected chi connectivity index (χ4v) is 2.16. The molecule has 0 aliphatic carbocycles. The highest BCUT2D eigenvalue weighted by Crippen LogP contribution is 2.13. The lowest BCUT2D eigenvalue weighted by atomic mass is 10.1. The Labute approximate surface area is 136 Å². The summed E-state index contributed by atoms with van der Waals surface area (Å²) in [5, 5.41) is 5.42. The summed E-state index contributed by atoms with van der Waals surface area (Å²) in [7, 11) is 0. The van der Waals surface area contributed by atoms with Crippen LogP contribution in [-0.2, 0) is 16.0 Å². The summed E-state index contributed by atoms with van der Waals surface area (Å²) in [6, 6.07) is 13.5. The normalized spacial score (nSPS) is 10.2. The lowest BCUT2D eigenvalue weighted by molar-refractivity contribution is -0.123. The molecule has 0 heterocycles. The van der Waals surface area contributed by atoms with Gasteiger partial charge in [-0.15, -0.1) is 0 Å². The highest BCUT2D eigenvalue weighted by atomic mass is 16.2. The monoisotopic (exact) mass is 310 g/mol. The number of rotatable bonds is 5. The molecule has 2 amide bonds. The molecule has 0 saturated heterocycles. The molecule has 0 fully saturated rings. The van der Waals surface area contributed by atoms with Gasteiger partial charge >= 0.3 is 0 Å². The van der Waals surface area contributed by atoms with E-state index >= 15 is 0 Å². The fourth-order valence-electron chi connectivity index (χ4n) is 2.16. The maximum atomic E-state index is 11.9. The lowest BCUT2D eigenvalue weighted by Crippen LogP contribution is -2.33. The van der Waals surface area contributed by atoms with Crippen molar-refractivity contribution in [3.8, 4) is 0 Å². The van der Waals surface area contributed by atoms with E-state index in [4.69, 9.17) is 0 Å². The Morgan fingerprint density at radius 1 is 0.870 bits per heavy atom. The minimum Gasteiger partial charge on any atom is -0.347 e. The second-order valence-electron chi connectivity index (χ2n) is 5.79. The molecule has 0 radical (unpaired) electrons. The molecule has 2 N–H and O–H groups in total. The molecule has 0 unspecified atom stereocenters. The zero-order chi connectivity index (χ0) is 16.8. The van der Waals surface area contributed by atoms with E-state index in [1.807, 2.05) is 63.2 Å². The summed E-state index contributed by atoms with van der Waals surface area (Å²) >= 11 is 0. The van der Waals surface area contributed by atoms with Crippen LogP contribution in [0.5, 0.6) is 0 Å². The van der Waals surface area contributed by atoms with Crippen molar-refractivity contribution in [2.75, 3.05) is 11.9 Å². The summed E-state index contributed by atoms with van der Waals surface area (Å²) in [5.41, 5.74) is 5.12. The lowest BCUT2D eigenvalue weighted by Gasteiger charge is -2.09. The van der Waals surface area contributed by atoms with Crippen LogP contribution in [-0.4, -0.2) is 18.4 Å². The fraction of sp³-hybridized carbons (Fsp3) is 0.263. The average Bonchev–Trinajstić information content (AvgIpc) is 2.51. The first kappa shape index (κ1) is 16.7. The quantitative estimate of drug-likeness (QED) is 0.892. The van der Waals surface area contributed by atoms with Crippen molar-refractivity contribution in [1.82, 2.24) is 5.32 Å². The molecule has 0 aromatic heterocycles. The number of carbonyl (C=O) groups excluding carboxylic acids is 2. The van der Waals surface area contributed by atoms with E-state index < -0.39 is 0 Å². The number of benzene rings is 2. The molecule has 120 valence electrons. The molecular weight excluding hydrogens is 288 g/mol. The van der Waals surface area contributed by atoms with E-state index in [2.05, 4.69) is 10.6 Å². The Morgan fingerprint density at radius 3 is 2.22 bits per heavy atom. The first-order valence-electron chi connectivity index (χ1n) is 7.63. The summed E-state index contributed by atoms with van der Waals surface area (Å²) in [5.74, 6) is -0.394. The van der Waals surface area contributed by atoms with Crippen LogP contribution < -0.4 is 10.6 Å². The molecule has 0 aliphatic heterocycles. The smallest absolute Gasteiger partial charge is 0.243 e. The van der Waals surface area contributed by atoms with Crippen molar-refractivity contribution in [2.45, 2.75) is 27.2 Å². The minimum atomic E-state index is -0.231. The van der Waals surface area contributed by atoms with Crippen molar-refractivity contribution in [2.24, 2.45) is 0 Å². The molecule has 0 atom stereocenters. The Balaban J connectivity index is 1.80. The van der Waals surface area contributed by atoms with Crippen molar-refractivity contribution >= 4 is 17.5 Å². The van der Waals surface area contributed by atoms with Gasteiger partial charge in [0.25, 0.3) is 0 Å². The predicted molar refractivity (Wildman–Crippen MR) is 92.4 cm³/mol. The molecule has 2 rings (SSSR count). The number of carbonyl (C=O) groups is 2. The first-order chi connectivity index (χ1) is 10.9. The van der Waals surface area contributed by atoms with Gasteiger partial charge in [0, 0.05) is 5.69 Å². The van der Waals surface area contributed by atoms with Gasteiger partial charge < -0.3 is 10.6 Å². The van der Waals surface area contributed by atoms with Gasteiger partial charge in [0.2, 0.25) is 11.8 Å². The zero-order valence-electron chi connectivity index (χ0n) is 13.8. The van der Waals surface area contributed by atoms with Gasteiger partial charge in [0.15, 0.2) is 0 Å². The SMILES string of the molecule is Cc1ccc(CC(=O)NCC(=O)Nc2ccc(C)c(C)c2)cc1. The molecule has 0 aliphatic rings. The van der Waals surface area contributed by atoms with Crippen LogP contribution >= 0.6 is 0 Å². The van der Waals surface area contributed by atoms with Crippen LogP contribution in [0.25, 0.3) is 0 Å². The average molecular weight is 310 g/mol. The van der Waals surface area contributed by atoms with E-state index in [-0.39, 0.29) is 24.8 Å². The summed E-state index contributed by atoms with van der Waals surface area (Å²) in [6.45, 7) is 5.99. The van der Waals surface area contributed by atoms with E-state index in [9.17, 15) is 9.59 Å². The number of hydrogen-bond acceptors (Lipinski definition) is 2. The summed E-state index contributed by atoms with van der Waals surface area (Å²) < 4.78 is 0. The molecule has 23 heavy (non-hydrogen) atoms. The topological polar surface area (TPSA) is 58.2 Å². The maximum absolute atomic E-state index is 11.9. The molecular formula is C19H22N2O2. The van der Waals surface area contributed by atoms with Crippen molar-refractivity contribution in [1.29, 1.82) is 0 Å². The van der Waals surface area contributed by atoms with E-state index in [0.717, 1.165) is 22.4 Å². The molecule has 4 nitrogen and oxygen atoms in total. The summed E-state index contributed by atoms with van der Waals surface area (Å²) in [4.78, 5) is 23.7. The number of anilines is 1. The van der Waals surface area contributed by atoms with Gasteiger partial charge in [-0.3, -0.25) is 9.59 Å². The van der Waals surface area contributed by atoms with E-state index in [0.29, 0.717) is 0 Å². The Bertz CT molecular complexity index is 706. The van der Waals surface area contributed by atoms with Crippen molar-refractivity contribution in [3.63, 3.8) is 0 Å². The van der Waals surface area contributed by atoms with Gasteiger partial charge in [0.1, 0.15) is 0 Å².